The van der Waals surface area contributed by atoms with Gasteiger partial charge in [-0.05, 0) is 65.7 Å². The molecule has 3 nitrogen and oxygen atoms in total. The first-order valence-electron chi connectivity index (χ1n) is 7.46. The number of hydrogen-bond acceptors (Lipinski definition) is 2. The summed E-state index contributed by atoms with van der Waals surface area (Å²) in [6.07, 6.45) is 7.92. The van der Waals surface area contributed by atoms with E-state index in [1.54, 1.807) is 12.1 Å². The highest BCUT2D eigenvalue weighted by Gasteiger charge is 2.33. The standard InChI is InChI=1S/C16H20BrNO2/c17-13-10-12(16(19)20)7-8-15(13)18-9-3-5-11-4-1-2-6-14(11)18/h7-8,10-11,14H,1-6,9H2,(H,19,20). The van der Waals surface area contributed by atoms with Crippen molar-refractivity contribution in [1.82, 2.24) is 0 Å². The van der Waals surface area contributed by atoms with Gasteiger partial charge in [-0.3, -0.25) is 0 Å². The first kappa shape index (κ1) is 13.9. The van der Waals surface area contributed by atoms with Crippen molar-refractivity contribution in [2.45, 2.75) is 44.6 Å². The van der Waals surface area contributed by atoms with Crippen molar-refractivity contribution in [2.24, 2.45) is 5.92 Å². The monoisotopic (exact) mass is 337 g/mol. The Morgan fingerprint density at radius 3 is 2.70 bits per heavy atom. The summed E-state index contributed by atoms with van der Waals surface area (Å²) in [6, 6.07) is 6.05. The number of fused-ring (bicyclic) bond motifs is 1. The Morgan fingerprint density at radius 2 is 1.95 bits per heavy atom. The Kier molecular flexibility index (Phi) is 4.01. The third kappa shape index (κ3) is 2.58. The minimum atomic E-state index is -0.869. The highest BCUT2D eigenvalue weighted by atomic mass is 79.9. The number of carboxylic acid groups (broad SMARTS) is 1. The van der Waals surface area contributed by atoms with E-state index < -0.39 is 5.97 Å². The summed E-state index contributed by atoms with van der Waals surface area (Å²) in [4.78, 5) is 13.5. The lowest BCUT2D eigenvalue weighted by Crippen LogP contribution is -2.47. The summed E-state index contributed by atoms with van der Waals surface area (Å²) in [6.45, 7) is 1.09. The topological polar surface area (TPSA) is 40.5 Å². The number of anilines is 1. The van der Waals surface area contributed by atoms with E-state index in [1.165, 1.54) is 38.5 Å². The third-order valence-corrected chi connectivity index (χ3v) is 5.38. The van der Waals surface area contributed by atoms with Crippen molar-refractivity contribution in [1.29, 1.82) is 0 Å². The Hall–Kier alpha value is -1.03. The van der Waals surface area contributed by atoms with Gasteiger partial charge in [0.05, 0.1) is 11.3 Å². The molecule has 2 fully saturated rings. The summed E-state index contributed by atoms with van der Waals surface area (Å²) in [5.41, 5.74) is 1.50. The Morgan fingerprint density at radius 1 is 1.20 bits per heavy atom. The normalized spacial score (nSPS) is 26.1. The molecule has 0 spiro atoms. The maximum atomic E-state index is 11.0. The molecule has 1 aliphatic heterocycles. The molecule has 1 saturated carbocycles. The maximum Gasteiger partial charge on any atom is 0.335 e. The molecule has 3 rings (SSSR count). The predicted molar refractivity (Wildman–Crippen MR) is 83.4 cm³/mol. The van der Waals surface area contributed by atoms with Gasteiger partial charge in [0.25, 0.3) is 0 Å². The van der Waals surface area contributed by atoms with Crippen LogP contribution in [0.15, 0.2) is 22.7 Å². The fourth-order valence-corrected chi connectivity index (χ4v) is 4.40. The van der Waals surface area contributed by atoms with Crippen molar-refractivity contribution in [3.63, 3.8) is 0 Å². The van der Waals surface area contributed by atoms with Crippen LogP contribution in [0.4, 0.5) is 5.69 Å². The number of carboxylic acids is 1. The fourth-order valence-electron chi connectivity index (χ4n) is 3.80. The van der Waals surface area contributed by atoms with Crippen LogP contribution in [0.3, 0.4) is 0 Å². The minimum Gasteiger partial charge on any atom is -0.478 e. The van der Waals surface area contributed by atoms with Gasteiger partial charge < -0.3 is 10.0 Å². The molecular formula is C16H20BrNO2. The van der Waals surface area contributed by atoms with Crippen molar-refractivity contribution in [3.05, 3.63) is 28.2 Å². The predicted octanol–water partition coefficient (Wildman–Crippen LogP) is 4.31. The molecule has 0 amide bonds. The highest BCUT2D eigenvalue weighted by Crippen LogP contribution is 2.40. The van der Waals surface area contributed by atoms with Gasteiger partial charge in [-0.1, -0.05) is 12.8 Å². The quantitative estimate of drug-likeness (QED) is 0.874. The Labute approximate surface area is 128 Å². The third-order valence-electron chi connectivity index (χ3n) is 4.75. The minimum absolute atomic E-state index is 0.345. The molecule has 1 N–H and O–H groups in total. The first-order chi connectivity index (χ1) is 9.66. The molecule has 0 bridgehead atoms. The number of nitrogens with zero attached hydrogens (tertiary/aromatic N) is 1. The summed E-state index contributed by atoms with van der Waals surface area (Å²) in [5.74, 6) is -0.0463. The lowest BCUT2D eigenvalue weighted by atomic mass is 9.78. The van der Waals surface area contributed by atoms with Crippen molar-refractivity contribution in [3.8, 4) is 0 Å². The Bertz CT molecular complexity index is 515. The van der Waals surface area contributed by atoms with Crippen LogP contribution in [0.25, 0.3) is 0 Å². The molecular weight excluding hydrogens is 318 g/mol. The average Bonchev–Trinajstić information content (AvgIpc) is 2.46. The van der Waals surface area contributed by atoms with E-state index in [1.807, 2.05) is 6.07 Å². The highest BCUT2D eigenvalue weighted by molar-refractivity contribution is 9.10. The molecule has 1 aromatic carbocycles. The molecule has 0 radical (unpaired) electrons. The molecule has 1 saturated heterocycles. The summed E-state index contributed by atoms with van der Waals surface area (Å²) < 4.78 is 0.906. The average molecular weight is 338 g/mol. The van der Waals surface area contributed by atoms with E-state index in [0.29, 0.717) is 11.6 Å². The van der Waals surface area contributed by atoms with Crippen LogP contribution in [-0.2, 0) is 0 Å². The van der Waals surface area contributed by atoms with E-state index in [-0.39, 0.29) is 0 Å². The van der Waals surface area contributed by atoms with E-state index in [0.717, 1.165) is 22.6 Å². The van der Waals surface area contributed by atoms with Crippen LogP contribution in [-0.4, -0.2) is 23.7 Å². The van der Waals surface area contributed by atoms with Gasteiger partial charge in [-0.15, -0.1) is 0 Å². The first-order valence-corrected chi connectivity index (χ1v) is 8.25. The van der Waals surface area contributed by atoms with E-state index in [9.17, 15) is 4.79 Å². The summed E-state index contributed by atoms with van der Waals surface area (Å²) in [7, 11) is 0. The number of halogens is 1. The Balaban J connectivity index is 1.89. The molecule has 2 atom stereocenters. The molecule has 1 heterocycles. The lowest BCUT2D eigenvalue weighted by Gasteiger charge is -2.45. The number of piperidine rings is 1. The van der Waals surface area contributed by atoms with Gasteiger partial charge in [0, 0.05) is 17.1 Å². The van der Waals surface area contributed by atoms with E-state index >= 15 is 0 Å². The zero-order valence-corrected chi connectivity index (χ0v) is 13.1. The molecule has 2 unspecified atom stereocenters. The number of aromatic carboxylic acids is 1. The number of carbonyl (C=O) groups is 1. The zero-order chi connectivity index (χ0) is 14.1. The van der Waals surface area contributed by atoms with Gasteiger partial charge in [0.2, 0.25) is 0 Å². The van der Waals surface area contributed by atoms with Gasteiger partial charge in [-0.2, -0.15) is 0 Å². The molecule has 108 valence electrons. The van der Waals surface area contributed by atoms with Gasteiger partial charge in [-0.25, -0.2) is 4.79 Å². The van der Waals surface area contributed by atoms with Gasteiger partial charge >= 0.3 is 5.97 Å². The second-order valence-corrected chi connectivity index (χ2v) is 6.77. The second-order valence-electron chi connectivity index (χ2n) is 5.92. The summed E-state index contributed by atoms with van der Waals surface area (Å²) in [5, 5.41) is 9.06. The van der Waals surface area contributed by atoms with Crippen LogP contribution in [0.5, 0.6) is 0 Å². The smallest absolute Gasteiger partial charge is 0.335 e. The largest absolute Gasteiger partial charge is 0.478 e. The molecule has 4 heteroatoms. The number of benzene rings is 1. The molecule has 2 aliphatic rings. The number of hydrogen-bond donors (Lipinski definition) is 1. The maximum absolute atomic E-state index is 11.0. The molecule has 1 aromatic rings. The SMILES string of the molecule is O=C(O)c1ccc(N2CCCC3CCCCC32)c(Br)c1. The zero-order valence-electron chi connectivity index (χ0n) is 11.5. The van der Waals surface area contributed by atoms with Crippen LogP contribution in [0, 0.1) is 5.92 Å². The van der Waals surface area contributed by atoms with Crippen LogP contribution in [0.1, 0.15) is 48.9 Å². The van der Waals surface area contributed by atoms with Gasteiger partial charge in [0.1, 0.15) is 0 Å². The van der Waals surface area contributed by atoms with Crippen LogP contribution in [0.2, 0.25) is 0 Å². The summed E-state index contributed by atoms with van der Waals surface area (Å²) >= 11 is 3.56. The van der Waals surface area contributed by atoms with Crippen LogP contribution < -0.4 is 4.90 Å². The van der Waals surface area contributed by atoms with Gasteiger partial charge in [0.15, 0.2) is 0 Å². The van der Waals surface area contributed by atoms with E-state index in [2.05, 4.69) is 20.8 Å². The number of rotatable bonds is 2. The molecule has 0 aromatic heterocycles. The molecule has 20 heavy (non-hydrogen) atoms. The van der Waals surface area contributed by atoms with Crippen molar-refractivity contribution < 1.29 is 9.90 Å². The fraction of sp³-hybridized carbons (Fsp3) is 0.562. The van der Waals surface area contributed by atoms with Crippen LogP contribution >= 0.6 is 15.9 Å². The second kappa shape index (κ2) is 5.76. The van der Waals surface area contributed by atoms with Crippen molar-refractivity contribution >= 4 is 27.6 Å². The molecule has 1 aliphatic carbocycles. The van der Waals surface area contributed by atoms with Crippen molar-refractivity contribution in [2.75, 3.05) is 11.4 Å². The lowest BCUT2D eigenvalue weighted by molar-refractivity contribution is 0.0697. The van der Waals surface area contributed by atoms with E-state index in [4.69, 9.17) is 5.11 Å².